The number of halogens is 2. The van der Waals surface area contributed by atoms with Crippen LogP contribution in [0.1, 0.15) is 12.0 Å². The fourth-order valence-electron chi connectivity index (χ4n) is 2.60. The fourth-order valence-corrected chi connectivity index (χ4v) is 3.17. The van der Waals surface area contributed by atoms with E-state index < -0.39 is 0 Å². The molecule has 0 aliphatic carbocycles. The first-order chi connectivity index (χ1) is 9.49. The zero-order chi connectivity index (χ0) is 14.7. The Balaban J connectivity index is 2.00. The molecule has 0 saturated carbocycles. The molecule has 4 nitrogen and oxygen atoms in total. The molecule has 6 heteroatoms. The standard InChI is InChI=1S/C14H18Cl2N2O2/c1-20-12-7-13(14(17)19)18(8-12)3-2-9-4-10(15)6-11(16)5-9/h4-6,12-13H,2-3,7-8H2,1H3,(H2,17,19)/t12-,13-/m0/s1. The highest BCUT2D eigenvalue weighted by Crippen LogP contribution is 2.22. The fraction of sp³-hybridized carbons (Fsp3) is 0.500. The normalized spacial score (nSPS) is 23.1. The van der Waals surface area contributed by atoms with E-state index in [9.17, 15) is 4.79 Å². The maximum atomic E-state index is 11.5. The first kappa shape index (κ1) is 15.6. The summed E-state index contributed by atoms with van der Waals surface area (Å²) in [7, 11) is 1.66. The van der Waals surface area contributed by atoms with Crippen LogP contribution in [0.25, 0.3) is 0 Å². The second-order valence-electron chi connectivity index (χ2n) is 5.03. The lowest BCUT2D eigenvalue weighted by molar-refractivity contribution is -0.122. The molecule has 2 N–H and O–H groups in total. The van der Waals surface area contributed by atoms with Crippen molar-refractivity contribution < 1.29 is 9.53 Å². The Hall–Kier alpha value is -0.810. The summed E-state index contributed by atoms with van der Waals surface area (Å²) < 4.78 is 5.32. The number of hydrogen-bond donors (Lipinski definition) is 1. The topological polar surface area (TPSA) is 55.6 Å². The highest BCUT2D eigenvalue weighted by Gasteiger charge is 2.35. The predicted molar refractivity (Wildman–Crippen MR) is 80.1 cm³/mol. The number of hydrogen-bond acceptors (Lipinski definition) is 3. The van der Waals surface area contributed by atoms with Gasteiger partial charge in [-0.3, -0.25) is 9.69 Å². The maximum Gasteiger partial charge on any atom is 0.234 e. The third kappa shape index (κ3) is 3.85. The molecule has 1 amide bonds. The zero-order valence-corrected chi connectivity index (χ0v) is 12.8. The number of likely N-dealkylation sites (tertiary alicyclic amines) is 1. The average molecular weight is 317 g/mol. The van der Waals surface area contributed by atoms with E-state index in [1.54, 1.807) is 13.2 Å². The third-order valence-electron chi connectivity index (χ3n) is 3.64. The van der Waals surface area contributed by atoms with Crippen molar-refractivity contribution in [2.45, 2.75) is 25.0 Å². The SMILES string of the molecule is CO[C@H]1C[C@@H](C(N)=O)N(CCc2cc(Cl)cc(Cl)c2)C1. The second-order valence-corrected chi connectivity index (χ2v) is 5.91. The van der Waals surface area contributed by atoms with Gasteiger partial charge in [0.25, 0.3) is 0 Å². The molecule has 1 aromatic rings. The van der Waals surface area contributed by atoms with Gasteiger partial charge in [0, 0.05) is 30.2 Å². The maximum absolute atomic E-state index is 11.5. The highest BCUT2D eigenvalue weighted by molar-refractivity contribution is 6.34. The number of benzene rings is 1. The Morgan fingerprint density at radius 1 is 1.40 bits per heavy atom. The van der Waals surface area contributed by atoms with Gasteiger partial charge in [-0.25, -0.2) is 0 Å². The van der Waals surface area contributed by atoms with Crippen LogP contribution < -0.4 is 5.73 Å². The molecule has 1 saturated heterocycles. The minimum atomic E-state index is -0.298. The molecule has 0 bridgehead atoms. The minimum Gasteiger partial charge on any atom is -0.380 e. The van der Waals surface area contributed by atoms with Crippen molar-refractivity contribution in [2.75, 3.05) is 20.2 Å². The predicted octanol–water partition coefficient (Wildman–Crippen LogP) is 2.11. The molecule has 0 spiro atoms. The molecule has 0 radical (unpaired) electrons. The Morgan fingerprint density at radius 3 is 2.60 bits per heavy atom. The van der Waals surface area contributed by atoms with Crippen LogP contribution in [0, 0.1) is 0 Å². The Bertz CT molecular complexity index is 476. The third-order valence-corrected chi connectivity index (χ3v) is 4.07. The number of ether oxygens (including phenoxy) is 1. The lowest BCUT2D eigenvalue weighted by Crippen LogP contribution is -2.41. The largest absolute Gasteiger partial charge is 0.380 e. The molecule has 110 valence electrons. The molecule has 1 aromatic carbocycles. The number of methoxy groups -OCH3 is 1. The first-order valence-corrected chi connectivity index (χ1v) is 7.26. The molecular formula is C14H18Cl2N2O2. The highest BCUT2D eigenvalue weighted by atomic mass is 35.5. The molecule has 1 aliphatic heterocycles. The van der Waals surface area contributed by atoms with Gasteiger partial charge in [-0.15, -0.1) is 0 Å². The smallest absolute Gasteiger partial charge is 0.234 e. The van der Waals surface area contributed by atoms with Crippen LogP contribution in [0.4, 0.5) is 0 Å². The van der Waals surface area contributed by atoms with E-state index in [4.69, 9.17) is 33.7 Å². The number of primary amides is 1. The molecule has 0 aromatic heterocycles. The van der Waals surface area contributed by atoms with Crippen LogP contribution in [0.15, 0.2) is 18.2 Å². The van der Waals surface area contributed by atoms with E-state index in [2.05, 4.69) is 4.90 Å². The average Bonchev–Trinajstić information content (AvgIpc) is 2.78. The summed E-state index contributed by atoms with van der Waals surface area (Å²) in [5.74, 6) is -0.298. The number of amides is 1. The monoisotopic (exact) mass is 316 g/mol. The summed E-state index contributed by atoms with van der Waals surface area (Å²) in [4.78, 5) is 13.5. The Kier molecular flexibility index (Phi) is 5.27. The van der Waals surface area contributed by atoms with E-state index in [1.165, 1.54) is 0 Å². The number of carbonyl (C=O) groups is 1. The van der Waals surface area contributed by atoms with Crippen LogP contribution in [-0.4, -0.2) is 43.2 Å². The lowest BCUT2D eigenvalue weighted by atomic mass is 10.1. The number of rotatable bonds is 5. The number of carbonyl (C=O) groups excluding carboxylic acids is 1. The van der Waals surface area contributed by atoms with E-state index >= 15 is 0 Å². The van der Waals surface area contributed by atoms with Gasteiger partial charge in [-0.05, 0) is 36.6 Å². The summed E-state index contributed by atoms with van der Waals surface area (Å²) in [6.07, 6.45) is 1.48. The van der Waals surface area contributed by atoms with E-state index in [1.807, 2.05) is 12.1 Å². The van der Waals surface area contributed by atoms with Gasteiger partial charge in [-0.2, -0.15) is 0 Å². The summed E-state index contributed by atoms with van der Waals surface area (Å²) in [6.45, 7) is 1.45. The van der Waals surface area contributed by atoms with Gasteiger partial charge >= 0.3 is 0 Å². The van der Waals surface area contributed by atoms with E-state index in [0.29, 0.717) is 16.5 Å². The van der Waals surface area contributed by atoms with Gasteiger partial charge in [0.05, 0.1) is 12.1 Å². The van der Waals surface area contributed by atoms with Crippen LogP contribution in [0.5, 0.6) is 0 Å². The van der Waals surface area contributed by atoms with Gasteiger partial charge in [0.1, 0.15) is 0 Å². The zero-order valence-electron chi connectivity index (χ0n) is 11.3. The van der Waals surface area contributed by atoms with E-state index in [0.717, 1.165) is 25.1 Å². The molecule has 20 heavy (non-hydrogen) atoms. The van der Waals surface area contributed by atoms with Gasteiger partial charge in [-0.1, -0.05) is 23.2 Å². The Labute approximate surface area is 128 Å². The lowest BCUT2D eigenvalue weighted by Gasteiger charge is -2.21. The summed E-state index contributed by atoms with van der Waals surface area (Å²) >= 11 is 12.0. The van der Waals surface area contributed by atoms with Crippen LogP contribution in [0.3, 0.4) is 0 Å². The number of nitrogens with two attached hydrogens (primary N) is 1. The van der Waals surface area contributed by atoms with E-state index in [-0.39, 0.29) is 18.1 Å². The van der Waals surface area contributed by atoms with Crippen molar-refractivity contribution in [1.29, 1.82) is 0 Å². The van der Waals surface area contributed by atoms with Crippen molar-refractivity contribution in [3.05, 3.63) is 33.8 Å². The molecule has 1 heterocycles. The van der Waals surface area contributed by atoms with Gasteiger partial charge in [0.2, 0.25) is 5.91 Å². The van der Waals surface area contributed by atoms with Crippen molar-refractivity contribution in [1.82, 2.24) is 4.90 Å². The first-order valence-electron chi connectivity index (χ1n) is 6.50. The molecule has 0 unspecified atom stereocenters. The van der Waals surface area contributed by atoms with Crippen LogP contribution in [-0.2, 0) is 16.0 Å². The van der Waals surface area contributed by atoms with Crippen molar-refractivity contribution in [2.24, 2.45) is 5.73 Å². The van der Waals surface area contributed by atoms with Crippen LogP contribution in [0.2, 0.25) is 10.0 Å². The molecule has 2 rings (SSSR count). The van der Waals surface area contributed by atoms with Gasteiger partial charge < -0.3 is 10.5 Å². The Morgan fingerprint density at radius 2 is 2.05 bits per heavy atom. The quantitative estimate of drug-likeness (QED) is 0.905. The molecular weight excluding hydrogens is 299 g/mol. The molecule has 1 aliphatic rings. The van der Waals surface area contributed by atoms with Crippen molar-refractivity contribution in [3.8, 4) is 0 Å². The summed E-state index contributed by atoms with van der Waals surface area (Å²) in [5.41, 5.74) is 6.49. The summed E-state index contributed by atoms with van der Waals surface area (Å²) in [5, 5.41) is 1.24. The molecule has 1 fully saturated rings. The second kappa shape index (κ2) is 6.76. The molecule has 2 atom stereocenters. The summed E-state index contributed by atoms with van der Waals surface area (Å²) in [6, 6.07) is 5.22. The number of nitrogens with zero attached hydrogens (tertiary/aromatic N) is 1. The van der Waals surface area contributed by atoms with Crippen LogP contribution >= 0.6 is 23.2 Å². The van der Waals surface area contributed by atoms with Crippen molar-refractivity contribution in [3.63, 3.8) is 0 Å². The minimum absolute atomic E-state index is 0.0652. The van der Waals surface area contributed by atoms with Crippen molar-refractivity contribution >= 4 is 29.1 Å². The van der Waals surface area contributed by atoms with Gasteiger partial charge in [0.15, 0.2) is 0 Å².